The van der Waals surface area contributed by atoms with Gasteiger partial charge in [0.15, 0.2) is 4.34 Å². The lowest BCUT2D eigenvalue weighted by Crippen LogP contribution is -2.16. The van der Waals surface area contributed by atoms with Crippen molar-refractivity contribution in [2.75, 3.05) is 23.5 Å². The van der Waals surface area contributed by atoms with Gasteiger partial charge in [-0.15, -0.1) is 11.3 Å². The Bertz CT molecular complexity index is 923. The summed E-state index contributed by atoms with van der Waals surface area (Å²) in [7, 11) is 1.54. The summed E-state index contributed by atoms with van der Waals surface area (Å²) < 4.78 is 7.12. The number of anilines is 2. The quantitative estimate of drug-likeness (QED) is 0.625. The molecule has 0 spiro atoms. The van der Waals surface area contributed by atoms with E-state index in [0.29, 0.717) is 17.1 Å². The number of thiazole rings is 1. The molecule has 0 bridgehead atoms. The number of thioether (sulfide) groups is 1. The van der Waals surface area contributed by atoms with E-state index < -0.39 is 0 Å². The molecule has 134 valence electrons. The Balaban J connectivity index is 1.67. The molecule has 0 fully saturated rings. The van der Waals surface area contributed by atoms with Gasteiger partial charge in [0.05, 0.1) is 34.5 Å². The number of aromatic nitrogens is 1. The summed E-state index contributed by atoms with van der Waals surface area (Å²) in [6, 6.07) is 12.9. The highest BCUT2D eigenvalue weighted by Gasteiger charge is 2.12. The van der Waals surface area contributed by atoms with Gasteiger partial charge in [-0.1, -0.05) is 23.9 Å². The normalized spacial score (nSPS) is 10.5. The molecule has 8 heteroatoms. The number of carbonyl (C=O) groups is 2. The van der Waals surface area contributed by atoms with Gasteiger partial charge >= 0.3 is 0 Å². The number of nitrogens with one attached hydrogen (secondary N) is 2. The third-order valence-electron chi connectivity index (χ3n) is 3.41. The van der Waals surface area contributed by atoms with Crippen LogP contribution in [0.1, 0.15) is 6.92 Å². The van der Waals surface area contributed by atoms with E-state index in [1.165, 1.54) is 18.7 Å². The van der Waals surface area contributed by atoms with Crippen LogP contribution < -0.4 is 15.4 Å². The fraction of sp³-hybridized carbons (Fsp3) is 0.167. The first kappa shape index (κ1) is 18.2. The average Bonchev–Trinajstić information content (AvgIpc) is 3.04. The van der Waals surface area contributed by atoms with Gasteiger partial charge in [0.25, 0.3) is 0 Å². The van der Waals surface area contributed by atoms with Crippen LogP contribution in [0, 0.1) is 0 Å². The van der Waals surface area contributed by atoms with Crippen LogP contribution in [0.15, 0.2) is 46.8 Å². The zero-order valence-corrected chi connectivity index (χ0v) is 15.9. The lowest BCUT2D eigenvalue weighted by Gasteiger charge is -2.12. The Morgan fingerprint density at radius 3 is 2.69 bits per heavy atom. The SMILES string of the molecule is COc1ccc(NC(C)=O)c(NC(=O)CSc2nc3ccccc3s2)c1. The van der Waals surface area contributed by atoms with Crippen molar-refractivity contribution in [1.29, 1.82) is 0 Å². The second-order valence-corrected chi connectivity index (χ2v) is 7.63. The molecular weight excluding hydrogens is 370 g/mol. The molecule has 0 radical (unpaired) electrons. The van der Waals surface area contributed by atoms with E-state index in [-0.39, 0.29) is 17.6 Å². The zero-order valence-electron chi connectivity index (χ0n) is 14.2. The molecule has 6 nitrogen and oxygen atoms in total. The van der Waals surface area contributed by atoms with E-state index in [4.69, 9.17) is 4.74 Å². The van der Waals surface area contributed by atoms with Crippen LogP contribution in [0.5, 0.6) is 5.75 Å². The highest BCUT2D eigenvalue weighted by molar-refractivity contribution is 8.01. The molecule has 0 unspecified atom stereocenters. The second kappa shape index (κ2) is 8.20. The van der Waals surface area contributed by atoms with Crippen molar-refractivity contribution in [3.05, 3.63) is 42.5 Å². The minimum Gasteiger partial charge on any atom is -0.497 e. The lowest BCUT2D eigenvalue weighted by molar-refractivity contribution is -0.115. The average molecular weight is 387 g/mol. The number of para-hydroxylation sites is 1. The van der Waals surface area contributed by atoms with Gasteiger partial charge in [0.1, 0.15) is 5.75 Å². The molecule has 1 heterocycles. The first-order valence-corrected chi connectivity index (χ1v) is 9.59. The Hall–Kier alpha value is -2.58. The number of amides is 2. The Morgan fingerprint density at radius 1 is 1.15 bits per heavy atom. The molecule has 0 saturated heterocycles. The summed E-state index contributed by atoms with van der Waals surface area (Å²) in [6.07, 6.45) is 0. The summed E-state index contributed by atoms with van der Waals surface area (Å²) in [5.41, 5.74) is 1.95. The van der Waals surface area contributed by atoms with Crippen LogP contribution in [0.25, 0.3) is 10.2 Å². The van der Waals surface area contributed by atoms with Gasteiger partial charge < -0.3 is 15.4 Å². The maximum absolute atomic E-state index is 12.3. The maximum atomic E-state index is 12.3. The third kappa shape index (κ3) is 4.53. The largest absolute Gasteiger partial charge is 0.497 e. The molecule has 1 aromatic heterocycles. The van der Waals surface area contributed by atoms with Crippen molar-refractivity contribution in [3.8, 4) is 5.75 Å². The van der Waals surface area contributed by atoms with E-state index in [9.17, 15) is 9.59 Å². The summed E-state index contributed by atoms with van der Waals surface area (Å²) in [6.45, 7) is 1.42. The van der Waals surface area contributed by atoms with Crippen molar-refractivity contribution in [2.24, 2.45) is 0 Å². The lowest BCUT2D eigenvalue weighted by atomic mass is 10.2. The predicted octanol–water partition coefficient (Wildman–Crippen LogP) is 3.99. The predicted molar refractivity (Wildman–Crippen MR) is 106 cm³/mol. The van der Waals surface area contributed by atoms with Crippen LogP contribution in [-0.4, -0.2) is 29.7 Å². The van der Waals surface area contributed by atoms with E-state index in [2.05, 4.69) is 15.6 Å². The van der Waals surface area contributed by atoms with Gasteiger partial charge in [-0.25, -0.2) is 4.98 Å². The molecule has 0 atom stereocenters. The van der Waals surface area contributed by atoms with E-state index in [1.807, 2.05) is 24.3 Å². The molecule has 2 N–H and O–H groups in total. The Kier molecular flexibility index (Phi) is 5.75. The molecule has 26 heavy (non-hydrogen) atoms. The van der Waals surface area contributed by atoms with Gasteiger partial charge in [-0.3, -0.25) is 9.59 Å². The van der Waals surface area contributed by atoms with Crippen molar-refractivity contribution in [2.45, 2.75) is 11.3 Å². The summed E-state index contributed by atoms with van der Waals surface area (Å²) in [4.78, 5) is 28.2. The molecule has 0 saturated carbocycles. The number of hydrogen-bond donors (Lipinski definition) is 2. The van der Waals surface area contributed by atoms with E-state index in [1.54, 1.807) is 36.6 Å². The molecule has 0 aliphatic carbocycles. The van der Waals surface area contributed by atoms with Crippen LogP contribution in [0.2, 0.25) is 0 Å². The molecule has 2 amide bonds. The molecule has 2 aromatic carbocycles. The van der Waals surface area contributed by atoms with Crippen molar-refractivity contribution < 1.29 is 14.3 Å². The summed E-state index contributed by atoms with van der Waals surface area (Å²) in [5, 5.41) is 5.51. The number of rotatable bonds is 6. The highest BCUT2D eigenvalue weighted by Crippen LogP contribution is 2.30. The van der Waals surface area contributed by atoms with Crippen LogP contribution in [0.4, 0.5) is 11.4 Å². The van der Waals surface area contributed by atoms with Crippen molar-refractivity contribution in [3.63, 3.8) is 0 Å². The smallest absolute Gasteiger partial charge is 0.234 e. The first-order valence-electron chi connectivity index (χ1n) is 7.79. The number of fused-ring (bicyclic) bond motifs is 1. The van der Waals surface area contributed by atoms with Crippen molar-refractivity contribution in [1.82, 2.24) is 4.98 Å². The number of methoxy groups -OCH3 is 1. The second-order valence-electron chi connectivity index (χ2n) is 5.38. The third-order valence-corrected chi connectivity index (χ3v) is 5.59. The first-order chi connectivity index (χ1) is 12.5. The minimum atomic E-state index is -0.213. The standard InChI is InChI=1S/C18H17N3O3S2/c1-11(22)19-13-8-7-12(24-2)9-15(13)20-17(23)10-25-18-21-14-5-3-4-6-16(14)26-18/h3-9H,10H2,1-2H3,(H,19,22)(H,20,23). The topological polar surface area (TPSA) is 80.3 Å². The van der Waals surface area contributed by atoms with E-state index >= 15 is 0 Å². The van der Waals surface area contributed by atoms with Gasteiger partial charge in [0, 0.05) is 13.0 Å². The monoisotopic (exact) mass is 387 g/mol. The number of nitrogens with zero attached hydrogens (tertiary/aromatic N) is 1. The Labute approximate surface area is 159 Å². The van der Waals surface area contributed by atoms with Crippen molar-refractivity contribution >= 4 is 56.5 Å². The van der Waals surface area contributed by atoms with E-state index in [0.717, 1.165) is 14.6 Å². The minimum absolute atomic E-state index is 0.186. The molecule has 0 aliphatic rings. The van der Waals surface area contributed by atoms with Gasteiger partial charge in [0.2, 0.25) is 11.8 Å². The fourth-order valence-electron chi connectivity index (χ4n) is 2.28. The number of carbonyl (C=O) groups excluding carboxylic acids is 2. The van der Waals surface area contributed by atoms with Crippen LogP contribution in [-0.2, 0) is 9.59 Å². The molecule has 3 aromatic rings. The number of ether oxygens (including phenoxy) is 1. The summed E-state index contributed by atoms with van der Waals surface area (Å²) >= 11 is 2.94. The molecule has 3 rings (SSSR count). The highest BCUT2D eigenvalue weighted by atomic mass is 32.2. The van der Waals surface area contributed by atoms with Gasteiger partial charge in [-0.2, -0.15) is 0 Å². The number of hydrogen-bond acceptors (Lipinski definition) is 6. The summed E-state index contributed by atoms with van der Waals surface area (Å²) in [5.74, 6) is 0.410. The zero-order chi connectivity index (χ0) is 18.5. The molecule has 0 aliphatic heterocycles. The molecular formula is C18H17N3O3S2. The van der Waals surface area contributed by atoms with Crippen LogP contribution in [0.3, 0.4) is 0 Å². The maximum Gasteiger partial charge on any atom is 0.234 e. The fourth-order valence-corrected chi connectivity index (χ4v) is 4.15. The Morgan fingerprint density at radius 2 is 1.96 bits per heavy atom. The van der Waals surface area contributed by atoms with Gasteiger partial charge in [-0.05, 0) is 24.3 Å². The van der Waals surface area contributed by atoms with Crippen LogP contribution >= 0.6 is 23.1 Å². The number of benzene rings is 2.